The molecule has 0 aliphatic carbocycles. The second-order valence-electron chi connectivity index (χ2n) is 5.82. The van der Waals surface area contributed by atoms with Crippen molar-refractivity contribution in [3.8, 4) is 0 Å². The van der Waals surface area contributed by atoms with Crippen LogP contribution in [0.3, 0.4) is 0 Å². The van der Waals surface area contributed by atoms with Crippen molar-refractivity contribution in [3.05, 3.63) is 58.9 Å². The van der Waals surface area contributed by atoms with Crippen molar-refractivity contribution in [2.24, 2.45) is 0 Å². The van der Waals surface area contributed by atoms with Crippen molar-refractivity contribution >= 4 is 33.2 Å². The van der Waals surface area contributed by atoms with Gasteiger partial charge < -0.3 is 4.90 Å². The summed E-state index contributed by atoms with van der Waals surface area (Å²) in [6.45, 7) is 1.95. The molecule has 8 heteroatoms. The van der Waals surface area contributed by atoms with Crippen molar-refractivity contribution in [2.45, 2.75) is 24.3 Å². The van der Waals surface area contributed by atoms with Crippen LogP contribution < -0.4 is 9.62 Å². The highest BCUT2D eigenvalue weighted by atomic mass is 35.5. The predicted octanol–water partition coefficient (Wildman–Crippen LogP) is 2.87. The lowest BCUT2D eigenvalue weighted by Crippen LogP contribution is -2.41. The monoisotopic (exact) mass is 382 g/mol. The van der Waals surface area contributed by atoms with Crippen LogP contribution >= 0.6 is 11.6 Å². The summed E-state index contributed by atoms with van der Waals surface area (Å²) < 4.78 is 40.8. The third-order valence-electron chi connectivity index (χ3n) is 4.08. The van der Waals surface area contributed by atoms with Gasteiger partial charge in [0, 0.05) is 12.2 Å². The normalized spacial score (nSPS) is 18.0. The number of nitrogens with zero attached hydrogens (tertiary/aromatic N) is 1. The van der Waals surface area contributed by atoms with Gasteiger partial charge in [-0.1, -0.05) is 23.7 Å². The summed E-state index contributed by atoms with van der Waals surface area (Å²) in [6, 6.07) is 9.52. The zero-order chi connectivity index (χ0) is 18.2. The molecule has 2 aromatic rings. The van der Waals surface area contributed by atoms with Gasteiger partial charge in [0.05, 0.1) is 5.02 Å². The van der Waals surface area contributed by atoms with Crippen LogP contribution in [0.2, 0.25) is 5.02 Å². The Morgan fingerprint density at radius 3 is 2.64 bits per heavy atom. The van der Waals surface area contributed by atoms with Gasteiger partial charge in [-0.2, -0.15) is 4.72 Å². The number of hydrogen-bond donors (Lipinski definition) is 1. The van der Waals surface area contributed by atoms with E-state index in [0.717, 1.165) is 0 Å². The third kappa shape index (κ3) is 3.53. The standard InChI is InChI=1S/C17H16ClFN2O3S/c1-11-10-12(6-7-14(11)19)21-9-8-15(17(21)22)20-25(23,24)16-5-3-2-4-13(16)18/h2-7,10,15,20H,8-9H2,1H3/t15-/m1/s1. The van der Waals surface area contributed by atoms with Gasteiger partial charge in [0.1, 0.15) is 16.8 Å². The molecule has 0 spiro atoms. The quantitative estimate of drug-likeness (QED) is 0.884. The fourth-order valence-electron chi connectivity index (χ4n) is 2.76. The molecule has 0 radical (unpaired) electrons. The smallest absolute Gasteiger partial charge is 0.245 e. The first kappa shape index (κ1) is 17.8. The van der Waals surface area contributed by atoms with Gasteiger partial charge >= 0.3 is 0 Å². The molecule has 0 saturated carbocycles. The minimum absolute atomic E-state index is 0.0689. The Morgan fingerprint density at radius 1 is 1.24 bits per heavy atom. The molecule has 25 heavy (non-hydrogen) atoms. The molecule has 1 heterocycles. The molecule has 1 aliphatic heterocycles. The van der Waals surface area contributed by atoms with Crippen molar-refractivity contribution in [3.63, 3.8) is 0 Å². The molecular formula is C17H16ClFN2O3S. The Morgan fingerprint density at radius 2 is 1.96 bits per heavy atom. The molecular weight excluding hydrogens is 367 g/mol. The number of halogens is 2. The zero-order valence-corrected chi connectivity index (χ0v) is 14.9. The summed E-state index contributed by atoms with van der Waals surface area (Å²) in [7, 11) is -3.92. The molecule has 1 saturated heterocycles. The van der Waals surface area contributed by atoms with Crippen LogP contribution in [0.15, 0.2) is 47.4 Å². The van der Waals surface area contributed by atoms with Crippen LogP contribution in [0.5, 0.6) is 0 Å². The zero-order valence-electron chi connectivity index (χ0n) is 13.4. The number of carbonyl (C=O) groups is 1. The minimum atomic E-state index is -3.92. The highest BCUT2D eigenvalue weighted by Gasteiger charge is 2.36. The SMILES string of the molecule is Cc1cc(N2CC[C@@H](NS(=O)(=O)c3ccccc3Cl)C2=O)ccc1F. The number of hydrogen-bond acceptors (Lipinski definition) is 3. The number of nitrogens with one attached hydrogen (secondary N) is 1. The lowest BCUT2D eigenvalue weighted by atomic mass is 10.2. The molecule has 0 bridgehead atoms. The second kappa shape index (κ2) is 6.74. The van der Waals surface area contributed by atoms with Gasteiger partial charge in [-0.05, 0) is 49.2 Å². The van der Waals surface area contributed by atoms with E-state index in [0.29, 0.717) is 24.2 Å². The van der Waals surface area contributed by atoms with E-state index in [1.165, 1.54) is 29.2 Å². The van der Waals surface area contributed by atoms with Crippen LogP contribution in [0.4, 0.5) is 10.1 Å². The maximum absolute atomic E-state index is 13.4. The number of amides is 1. The second-order valence-corrected chi connectivity index (χ2v) is 7.91. The lowest BCUT2D eigenvalue weighted by Gasteiger charge is -2.18. The van der Waals surface area contributed by atoms with Crippen LogP contribution in [0.1, 0.15) is 12.0 Å². The molecule has 1 N–H and O–H groups in total. The van der Waals surface area contributed by atoms with Gasteiger partial charge in [0.25, 0.3) is 0 Å². The van der Waals surface area contributed by atoms with Crippen molar-refractivity contribution in [2.75, 3.05) is 11.4 Å². The molecule has 132 valence electrons. The van der Waals surface area contributed by atoms with E-state index in [-0.39, 0.29) is 21.6 Å². The van der Waals surface area contributed by atoms with Crippen LogP contribution in [-0.2, 0) is 14.8 Å². The number of sulfonamides is 1. The van der Waals surface area contributed by atoms with Crippen LogP contribution in [0, 0.1) is 12.7 Å². The highest BCUT2D eigenvalue weighted by molar-refractivity contribution is 7.89. The highest BCUT2D eigenvalue weighted by Crippen LogP contribution is 2.26. The van der Waals surface area contributed by atoms with Crippen LogP contribution in [-0.4, -0.2) is 26.9 Å². The maximum Gasteiger partial charge on any atom is 0.245 e. The van der Waals surface area contributed by atoms with Gasteiger partial charge in [0.2, 0.25) is 15.9 Å². The molecule has 0 aromatic heterocycles. The summed E-state index contributed by atoms with van der Waals surface area (Å²) >= 11 is 5.94. The van der Waals surface area contributed by atoms with E-state index in [1.807, 2.05) is 0 Å². The Hall–Kier alpha value is -1.96. The number of aryl methyl sites for hydroxylation is 1. The lowest BCUT2D eigenvalue weighted by molar-refractivity contribution is -0.118. The molecule has 1 aliphatic rings. The van der Waals surface area contributed by atoms with E-state index in [2.05, 4.69) is 4.72 Å². The van der Waals surface area contributed by atoms with E-state index in [1.54, 1.807) is 25.1 Å². The Balaban J connectivity index is 1.80. The third-order valence-corrected chi connectivity index (χ3v) is 6.05. The first-order valence-corrected chi connectivity index (χ1v) is 9.50. The van der Waals surface area contributed by atoms with Gasteiger partial charge in [-0.15, -0.1) is 0 Å². The first-order valence-electron chi connectivity index (χ1n) is 7.64. The predicted molar refractivity (Wildman–Crippen MR) is 93.7 cm³/mol. The van der Waals surface area contributed by atoms with Crippen molar-refractivity contribution in [1.82, 2.24) is 4.72 Å². The van der Waals surface area contributed by atoms with Crippen molar-refractivity contribution < 1.29 is 17.6 Å². The van der Waals surface area contributed by atoms with E-state index in [4.69, 9.17) is 11.6 Å². The molecule has 0 unspecified atom stereocenters. The molecule has 5 nitrogen and oxygen atoms in total. The van der Waals surface area contributed by atoms with Gasteiger partial charge in [-0.3, -0.25) is 4.79 Å². The Bertz CT molecular complexity index is 933. The molecule has 1 fully saturated rings. The maximum atomic E-state index is 13.4. The number of rotatable bonds is 4. The summed E-state index contributed by atoms with van der Waals surface area (Å²) in [6.07, 6.45) is 0.318. The van der Waals surface area contributed by atoms with Gasteiger partial charge in [-0.25, -0.2) is 12.8 Å². The topological polar surface area (TPSA) is 66.5 Å². The van der Waals surface area contributed by atoms with Crippen molar-refractivity contribution in [1.29, 1.82) is 0 Å². The number of carbonyl (C=O) groups excluding carboxylic acids is 1. The Kier molecular flexibility index (Phi) is 4.81. The van der Waals surface area contributed by atoms with Gasteiger partial charge in [0.15, 0.2) is 0 Å². The molecule has 3 rings (SSSR count). The molecule has 2 aromatic carbocycles. The van der Waals surface area contributed by atoms with Crippen LogP contribution in [0.25, 0.3) is 0 Å². The minimum Gasteiger partial charge on any atom is -0.311 e. The summed E-state index contributed by atoms with van der Waals surface area (Å²) in [5.74, 6) is -0.729. The molecule has 1 atom stereocenters. The largest absolute Gasteiger partial charge is 0.311 e. The van der Waals surface area contributed by atoms with E-state index in [9.17, 15) is 17.6 Å². The molecule has 1 amide bonds. The Labute approximate surface area is 150 Å². The fraction of sp³-hybridized carbons (Fsp3) is 0.235. The summed E-state index contributed by atoms with van der Waals surface area (Å²) in [5.41, 5.74) is 0.966. The fourth-order valence-corrected chi connectivity index (χ4v) is 4.50. The summed E-state index contributed by atoms with van der Waals surface area (Å²) in [5, 5.41) is 0.0893. The van der Waals surface area contributed by atoms with E-state index < -0.39 is 16.1 Å². The first-order chi connectivity index (χ1) is 11.8. The number of anilines is 1. The average molecular weight is 383 g/mol. The summed E-state index contributed by atoms with van der Waals surface area (Å²) in [4.78, 5) is 14.0. The number of benzene rings is 2. The van der Waals surface area contributed by atoms with E-state index >= 15 is 0 Å². The average Bonchev–Trinajstić information content (AvgIpc) is 2.91.